The lowest BCUT2D eigenvalue weighted by molar-refractivity contribution is -0.193. The Labute approximate surface area is 320 Å². The molecule has 304 valence electrons. The lowest BCUT2D eigenvalue weighted by Gasteiger charge is -2.62. The summed E-state index contributed by atoms with van der Waals surface area (Å²) >= 11 is 0. The minimum atomic E-state index is -0.822. The maximum absolute atomic E-state index is 14.3. The van der Waals surface area contributed by atoms with Gasteiger partial charge < -0.3 is 35.8 Å². The second-order valence-electron chi connectivity index (χ2n) is 19.2. The molecule has 6 unspecified atom stereocenters. The first-order valence-electron chi connectivity index (χ1n) is 21.6. The Hall–Kier alpha value is -1.34. The van der Waals surface area contributed by atoms with Crippen LogP contribution in [-0.2, 0) is 19.2 Å². The fraction of sp³-hybridized carbons (Fsp3) is 0.952. The molecule has 0 radical (unpaired) electrons. The number of methoxy groups -OCH3 is 1. The summed E-state index contributed by atoms with van der Waals surface area (Å²) < 4.78 is 6.40. The number of rotatable bonds is 14. The van der Waals surface area contributed by atoms with E-state index >= 15 is 0 Å². The molecule has 6 aliphatic carbocycles. The number of nitrogens with one attached hydrogen (secondary N) is 3. The van der Waals surface area contributed by atoms with Crippen molar-refractivity contribution in [3.05, 3.63) is 0 Å². The zero-order chi connectivity index (χ0) is 38.0. The molecule has 1 aliphatic heterocycles. The molecule has 7 aliphatic rings. The average Bonchev–Trinajstić information content (AvgIpc) is 3.52. The van der Waals surface area contributed by atoms with Crippen molar-refractivity contribution in [2.24, 2.45) is 52.8 Å². The molecule has 0 aromatic carbocycles. The summed E-state index contributed by atoms with van der Waals surface area (Å²) in [4.78, 5) is 36.7. The Morgan fingerprint density at radius 1 is 0.981 bits per heavy atom. The minimum absolute atomic E-state index is 0.0281. The lowest BCUT2D eigenvalue weighted by Crippen LogP contribution is -2.62. The molecule has 5 N–H and O–H groups in total. The van der Waals surface area contributed by atoms with E-state index in [1.807, 2.05) is 7.11 Å². The fourth-order valence-electron chi connectivity index (χ4n) is 12.3. The van der Waals surface area contributed by atoms with Crippen LogP contribution in [0, 0.1) is 52.8 Å². The summed E-state index contributed by atoms with van der Waals surface area (Å²) in [5, 5.41) is 33.5. The van der Waals surface area contributed by atoms with E-state index in [0.29, 0.717) is 60.2 Å². The van der Waals surface area contributed by atoms with E-state index in [0.717, 1.165) is 51.5 Å². The van der Waals surface area contributed by atoms with Crippen LogP contribution >= 0.6 is 0 Å². The Kier molecular flexibility index (Phi) is 13.9. The van der Waals surface area contributed by atoms with Crippen LogP contribution in [0.2, 0.25) is 0 Å². The molecule has 2 amide bonds. The summed E-state index contributed by atoms with van der Waals surface area (Å²) in [6.45, 7) is 10.4. The van der Waals surface area contributed by atoms with Crippen molar-refractivity contribution in [3.63, 3.8) is 0 Å². The number of aliphatic hydroxyl groups is 2. The van der Waals surface area contributed by atoms with Gasteiger partial charge in [-0.3, -0.25) is 14.4 Å². The monoisotopic (exact) mass is 746 g/mol. The van der Waals surface area contributed by atoms with Crippen LogP contribution < -0.4 is 16.0 Å². The summed E-state index contributed by atoms with van der Waals surface area (Å²) in [6, 6.07) is 0.319. The van der Waals surface area contributed by atoms with E-state index < -0.39 is 24.2 Å². The maximum Gasteiger partial charge on any atom is 0.240 e. The molecule has 11 heteroatoms. The Balaban J connectivity index is 1.11. The second-order valence-corrected chi connectivity index (χ2v) is 19.2. The van der Waals surface area contributed by atoms with Gasteiger partial charge in [-0.1, -0.05) is 46.5 Å². The molecule has 7 fully saturated rings. The Morgan fingerprint density at radius 3 is 2.38 bits per heavy atom. The number of carbonyl (C=O) groups excluding carboxylic acids is 2. The molecule has 1 saturated heterocycles. The zero-order valence-electron chi connectivity index (χ0n) is 34.1. The first kappa shape index (κ1) is 41.3. The van der Waals surface area contributed by atoms with E-state index in [1.165, 1.54) is 38.5 Å². The highest BCUT2D eigenvalue weighted by Crippen LogP contribution is 2.61. The van der Waals surface area contributed by atoms with E-state index in [1.54, 1.807) is 12.0 Å². The Morgan fingerprint density at radius 2 is 1.74 bits per heavy atom. The number of fused-ring (bicyclic) bond motifs is 2. The third-order valence-corrected chi connectivity index (χ3v) is 15.6. The van der Waals surface area contributed by atoms with E-state index in [2.05, 4.69) is 55.7 Å². The molecule has 11 nitrogen and oxygen atoms in total. The zero-order valence-corrected chi connectivity index (χ0v) is 34.1. The number of amides is 2. The normalized spacial score (nSPS) is 41.1. The summed E-state index contributed by atoms with van der Waals surface area (Å²) in [7, 11) is 6.09. The average molecular weight is 746 g/mol. The highest BCUT2D eigenvalue weighted by molar-refractivity contribution is 5.83. The maximum atomic E-state index is 14.3. The highest BCUT2D eigenvalue weighted by Gasteiger charge is 2.58. The van der Waals surface area contributed by atoms with Gasteiger partial charge in [0.25, 0.3) is 0 Å². The molecule has 14 atom stereocenters. The van der Waals surface area contributed by atoms with Gasteiger partial charge in [-0.05, 0) is 114 Å². The number of carbonyl (C=O) groups is 2. The molecular weight excluding hydrogens is 670 g/mol. The molecule has 1 heterocycles. The fourth-order valence-corrected chi connectivity index (χ4v) is 12.3. The van der Waals surface area contributed by atoms with Crippen molar-refractivity contribution in [1.82, 2.24) is 25.9 Å². The minimum Gasteiger partial charge on any atom is -0.394 e. The van der Waals surface area contributed by atoms with Gasteiger partial charge in [0, 0.05) is 62.6 Å². The predicted octanol–water partition coefficient (Wildman–Crippen LogP) is 3.96. The van der Waals surface area contributed by atoms with Crippen molar-refractivity contribution in [2.75, 3.05) is 47.4 Å². The number of ether oxygens (including phenoxy) is 1. The van der Waals surface area contributed by atoms with Gasteiger partial charge in [-0.2, -0.15) is 5.06 Å². The molecule has 0 aromatic rings. The van der Waals surface area contributed by atoms with Gasteiger partial charge in [0.05, 0.1) is 18.8 Å². The molecule has 53 heavy (non-hydrogen) atoms. The van der Waals surface area contributed by atoms with Gasteiger partial charge in [-0.25, -0.2) is 0 Å². The topological polar surface area (TPSA) is 136 Å². The van der Waals surface area contributed by atoms with Gasteiger partial charge in [-0.15, -0.1) is 0 Å². The van der Waals surface area contributed by atoms with Crippen LogP contribution in [0.15, 0.2) is 0 Å². The number of hydrogen-bond donors (Lipinski definition) is 5. The molecule has 6 saturated carbocycles. The van der Waals surface area contributed by atoms with Crippen molar-refractivity contribution in [1.29, 1.82) is 0 Å². The van der Waals surface area contributed by atoms with Crippen LogP contribution in [0.25, 0.3) is 0 Å². The highest BCUT2D eigenvalue weighted by atomic mass is 16.7. The first-order valence-corrected chi connectivity index (χ1v) is 21.6. The summed E-state index contributed by atoms with van der Waals surface area (Å²) in [5.74, 6) is 1.86. The number of aliphatic hydroxyl groups excluding tert-OH is 2. The first-order chi connectivity index (χ1) is 25.3. The van der Waals surface area contributed by atoms with Crippen LogP contribution in [-0.4, -0.2) is 122 Å². The quantitative estimate of drug-likeness (QED) is 0.168. The van der Waals surface area contributed by atoms with E-state index in [-0.39, 0.29) is 42.4 Å². The molecule has 0 aromatic heterocycles. The lowest BCUT2D eigenvalue weighted by atomic mass is 9.45. The van der Waals surface area contributed by atoms with Crippen LogP contribution in [0.1, 0.15) is 111 Å². The van der Waals surface area contributed by atoms with E-state index in [4.69, 9.17) is 9.57 Å². The predicted molar refractivity (Wildman–Crippen MR) is 207 cm³/mol. The van der Waals surface area contributed by atoms with Gasteiger partial charge in [0.1, 0.15) is 12.1 Å². The standard InChI is InChI=1S/C42H75N5O6/c1-25-34-21-30(42(34,3)4)22-35(25)45-41(51)38-37(26(2)49)36(24-48)53-47(38)23-27-12-11-15-33(39(27)52-7)28-18-29(20-32(19-28)46(5)6)40(50)44-17-16-43-31-13-9-8-10-14-31/h25-39,43,48-49H,8-24H2,1-7H3,(H,44,50)(H,45,51)/t25-,26-,27?,28?,29?,30+,32?,33?,34-,35-,36-,37+,38-,39?/m0/s1. The van der Waals surface area contributed by atoms with Crippen molar-refractivity contribution < 1.29 is 29.4 Å². The smallest absolute Gasteiger partial charge is 0.240 e. The van der Waals surface area contributed by atoms with Crippen molar-refractivity contribution >= 4 is 11.8 Å². The second kappa shape index (κ2) is 17.9. The third-order valence-electron chi connectivity index (χ3n) is 15.6. The third kappa shape index (κ3) is 8.97. The van der Waals surface area contributed by atoms with Crippen LogP contribution in [0.3, 0.4) is 0 Å². The molecular formula is C42H75N5O6. The molecule has 2 bridgehead atoms. The van der Waals surface area contributed by atoms with Gasteiger partial charge >= 0.3 is 0 Å². The van der Waals surface area contributed by atoms with Crippen LogP contribution in [0.5, 0.6) is 0 Å². The van der Waals surface area contributed by atoms with Crippen molar-refractivity contribution in [2.45, 2.75) is 154 Å². The SMILES string of the molecule is COC1C(CN2O[C@@H](CO)[C@@H]([C@H](C)O)[C@H]2C(=O)N[C@H]2C[C@H]3C[C@@H]([C@@H]2C)C3(C)C)CCCC1C1CC(C(=O)NCCNC2CCCCC2)CC(N(C)C)C1. The van der Waals surface area contributed by atoms with E-state index in [9.17, 15) is 19.8 Å². The molecule has 0 spiro atoms. The number of nitrogens with zero attached hydrogens (tertiary/aromatic N) is 2. The largest absolute Gasteiger partial charge is 0.394 e. The van der Waals surface area contributed by atoms with Crippen molar-refractivity contribution in [3.8, 4) is 0 Å². The van der Waals surface area contributed by atoms with Gasteiger partial charge in [0.15, 0.2) is 0 Å². The number of hydrogen-bond acceptors (Lipinski definition) is 9. The van der Waals surface area contributed by atoms with Gasteiger partial charge in [0.2, 0.25) is 11.8 Å². The number of hydroxylamine groups is 2. The molecule has 7 rings (SSSR count). The summed E-state index contributed by atoms with van der Waals surface area (Å²) in [5.41, 5.74) is 0.320. The van der Waals surface area contributed by atoms with Crippen LogP contribution in [0.4, 0.5) is 0 Å². The Bertz CT molecular complexity index is 1210. The summed E-state index contributed by atoms with van der Waals surface area (Å²) in [6.07, 6.45) is 13.0.